The van der Waals surface area contributed by atoms with E-state index in [2.05, 4.69) is 20.6 Å². The van der Waals surface area contributed by atoms with E-state index in [4.69, 9.17) is 4.42 Å². The van der Waals surface area contributed by atoms with Crippen LogP contribution in [0.25, 0.3) is 11.5 Å². The maximum atomic E-state index is 12.9. The van der Waals surface area contributed by atoms with E-state index in [1.54, 1.807) is 15.8 Å². The van der Waals surface area contributed by atoms with Crippen LogP contribution in [0.4, 0.5) is 0 Å². The number of carbonyl (C=O) groups excluding carboxylic acids is 1. The highest BCUT2D eigenvalue weighted by atomic mass is 16.4. The Hall–Kier alpha value is -3.00. The molecular weight excluding hydrogens is 368 g/mol. The number of amides is 1. The zero-order chi connectivity index (χ0) is 19.6. The zero-order valence-corrected chi connectivity index (χ0v) is 16.3. The maximum Gasteiger partial charge on any atom is 0.276 e. The number of oxazole rings is 1. The van der Waals surface area contributed by atoms with Crippen molar-refractivity contribution < 1.29 is 9.21 Å². The van der Waals surface area contributed by atoms with Gasteiger partial charge in [0, 0.05) is 25.1 Å². The molecule has 0 aliphatic carbocycles. The van der Waals surface area contributed by atoms with E-state index in [9.17, 15) is 4.79 Å². The lowest BCUT2D eigenvalue weighted by Gasteiger charge is -2.24. The molecule has 1 aromatic carbocycles. The van der Waals surface area contributed by atoms with E-state index >= 15 is 0 Å². The molecule has 1 atom stereocenters. The van der Waals surface area contributed by atoms with Crippen LogP contribution in [0, 0.1) is 5.92 Å². The monoisotopic (exact) mass is 392 g/mol. The summed E-state index contributed by atoms with van der Waals surface area (Å²) in [5.41, 5.74) is 2.16. The number of rotatable bonds is 4. The predicted molar refractivity (Wildman–Crippen MR) is 106 cm³/mol. The standard InChI is InChI=1S/C21H24N6O2/c28-21(18-14-27(25-24-18)12-15-5-4-9-22-11-15)26-10-8-19-17(13-26)23-20(29-19)16-6-2-1-3-7-16/h1-3,6-7,14-15,22H,4-5,8-13H2. The molecule has 150 valence electrons. The molecule has 2 aromatic heterocycles. The molecule has 29 heavy (non-hydrogen) atoms. The highest BCUT2D eigenvalue weighted by Gasteiger charge is 2.28. The second-order valence-corrected chi connectivity index (χ2v) is 7.77. The Bertz CT molecular complexity index is 990. The summed E-state index contributed by atoms with van der Waals surface area (Å²) in [4.78, 5) is 19.3. The molecular formula is C21H24N6O2. The van der Waals surface area contributed by atoms with Crippen molar-refractivity contribution in [2.24, 2.45) is 5.92 Å². The Morgan fingerprint density at radius 3 is 3.00 bits per heavy atom. The lowest BCUT2D eigenvalue weighted by atomic mass is 10.00. The van der Waals surface area contributed by atoms with Gasteiger partial charge in [-0.25, -0.2) is 4.98 Å². The molecule has 2 aliphatic rings. The van der Waals surface area contributed by atoms with Crippen molar-refractivity contribution in [1.82, 2.24) is 30.2 Å². The van der Waals surface area contributed by atoms with E-state index in [1.165, 1.54) is 12.8 Å². The van der Waals surface area contributed by atoms with Gasteiger partial charge in [-0.2, -0.15) is 0 Å². The lowest BCUT2D eigenvalue weighted by Crippen LogP contribution is -2.36. The predicted octanol–water partition coefficient (Wildman–Crippen LogP) is 2.13. The van der Waals surface area contributed by atoms with Crippen LogP contribution in [0.5, 0.6) is 0 Å². The average Bonchev–Trinajstić information content (AvgIpc) is 3.41. The van der Waals surface area contributed by atoms with Crippen molar-refractivity contribution in [2.45, 2.75) is 32.4 Å². The SMILES string of the molecule is O=C(c1cn(CC2CCCNC2)nn1)N1CCc2oc(-c3ccccc3)nc2C1. The summed E-state index contributed by atoms with van der Waals surface area (Å²) in [6.07, 6.45) is 4.79. The Kier molecular flexibility index (Phi) is 4.85. The fourth-order valence-electron chi connectivity index (χ4n) is 4.07. The summed E-state index contributed by atoms with van der Waals surface area (Å²) >= 11 is 0. The quantitative estimate of drug-likeness (QED) is 0.732. The van der Waals surface area contributed by atoms with Gasteiger partial charge in [0.25, 0.3) is 5.91 Å². The van der Waals surface area contributed by atoms with Gasteiger partial charge in [-0.05, 0) is 44.0 Å². The van der Waals surface area contributed by atoms with Crippen LogP contribution in [0.1, 0.15) is 34.8 Å². The summed E-state index contributed by atoms with van der Waals surface area (Å²) in [6.45, 7) is 3.90. The third-order valence-corrected chi connectivity index (χ3v) is 5.64. The van der Waals surface area contributed by atoms with Gasteiger partial charge in [-0.15, -0.1) is 5.10 Å². The van der Waals surface area contributed by atoms with Gasteiger partial charge in [-0.3, -0.25) is 9.48 Å². The fraction of sp³-hybridized carbons (Fsp3) is 0.429. The van der Waals surface area contributed by atoms with Crippen LogP contribution in [0.2, 0.25) is 0 Å². The van der Waals surface area contributed by atoms with Crippen LogP contribution in [0.15, 0.2) is 40.9 Å². The number of benzene rings is 1. The molecule has 0 saturated carbocycles. The minimum Gasteiger partial charge on any atom is -0.441 e. The first-order valence-corrected chi connectivity index (χ1v) is 10.2. The maximum absolute atomic E-state index is 12.9. The molecule has 3 aromatic rings. The topological polar surface area (TPSA) is 89.1 Å². The van der Waals surface area contributed by atoms with Gasteiger partial charge in [-0.1, -0.05) is 23.4 Å². The molecule has 5 rings (SSSR count). The second kappa shape index (κ2) is 7.79. The summed E-state index contributed by atoms with van der Waals surface area (Å²) < 4.78 is 7.72. The Morgan fingerprint density at radius 2 is 2.17 bits per heavy atom. The molecule has 2 aliphatic heterocycles. The molecule has 8 nitrogen and oxygen atoms in total. The third kappa shape index (κ3) is 3.80. The van der Waals surface area contributed by atoms with E-state index in [1.807, 2.05) is 30.3 Å². The minimum absolute atomic E-state index is 0.104. The smallest absolute Gasteiger partial charge is 0.276 e. The number of nitrogens with one attached hydrogen (secondary N) is 1. The Labute approximate surface area is 168 Å². The number of carbonyl (C=O) groups is 1. The van der Waals surface area contributed by atoms with Crippen molar-refractivity contribution in [2.75, 3.05) is 19.6 Å². The van der Waals surface area contributed by atoms with Crippen molar-refractivity contribution in [1.29, 1.82) is 0 Å². The van der Waals surface area contributed by atoms with E-state index in [0.717, 1.165) is 36.7 Å². The van der Waals surface area contributed by atoms with Crippen molar-refractivity contribution >= 4 is 5.91 Å². The van der Waals surface area contributed by atoms with Crippen LogP contribution in [-0.2, 0) is 19.5 Å². The molecule has 1 fully saturated rings. The minimum atomic E-state index is -0.104. The molecule has 1 N–H and O–H groups in total. The zero-order valence-electron chi connectivity index (χ0n) is 16.3. The van der Waals surface area contributed by atoms with Crippen LogP contribution >= 0.6 is 0 Å². The largest absolute Gasteiger partial charge is 0.441 e. The van der Waals surface area contributed by atoms with Crippen molar-refractivity contribution in [3.63, 3.8) is 0 Å². The first-order valence-electron chi connectivity index (χ1n) is 10.2. The van der Waals surface area contributed by atoms with E-state index in [-0.39, 0.29) is 5.91 Å². The van der Waals surface area contributed by atoms with Crippen LogP contribution in [0.3, 0.4) is 0 Å². The first-order chi connectivity index (χ1) is 14.3. The summed E-state index contributed by atoms with van der Waals surface area (Å²) in [7, 11) is 0. The fourth-order valence-corrected chi connectivity index (χ4v) is 4.07. The second-order valence-electron chi connectivity index (χ2n) is 7.77. The number of piperidine rings is 1. The molecule has 1 unspecified atom stereocenters. The summed E-state index contributed by atoms with van der Waals surface area (Å²) in [5, 5.41) is 11.7. The number of fused-ring (bicyclic) bond motifs is 1. The van der Waals surface area contributed by atoms with Gasteiger partial charge in [0.15, 0.2) is 5.69 Å². The Morgan fingerprint density at radius 1 is 1.28 bits per heavy atom. The lowest BCUT2D eigenvalue weighted by molar-refractivity contribution is 0.0722. The molecule has 0 radical (unpaired) electrons. The average molecular weight is 392 g/mol. The number of aromatic nitrogens is 4. The van der Waals surface area contributed by atoms with Gasteiger partial charge >= 0.3 is 0 Å². The molecule has 0 bridgehead atoms. The van der Waals surface area contributed by atoms with E-state index < -0.39 is 0 Å². The third-order valence-electron chi connectivity index (χ3n) is 5.64. The highest BCUT2D eigenvalue weighted by molar-refractivity contribution is 5.92. The first kappa shape index (κ1) is 18.1. The van der Waals surface area contributed by atoms with Gasteiger partial charge < -0.3 is 14.6 Å². The highest BCUT2D eigenvalue weighted by Crippen LogP contribution is 2.26. The number of nitrogens with zero attached hydrogens (tertiary/aromatic N) is 5. The number of hydrogen-bond acceptors (Lipinski definition) is 6. The molecule has 1 amide bonds. The molecule has 1 saturated heterocycles. The van der Waals surface area contributed by atoms with Gasteiger partial charge in [0.1, 0.15) is 11.5 Å². The summed E-state index contributed by atoms with van der Waals surface area (Å²) in [6, 6.07) is 9.83. The Balaban J connectivity index is 1.27. The number of hydrogen-bond donors (Lipinski definition) is 1. The molecule has 8 heteroatoms. The van der Waals surface area contributed by atoms with Gasteiger partial charge in [0.05, 0.1) is 12.7 Å². The summed E-state index contributed by atoms with van der Waals surface area (Å²) in [5.74, 6) is 1.91. The normalized spacial score (nSPS) is 19.2. The molecule has 0 spiro atoms. The van der Waals surface area contributed by atoms with Crippen LogP contribution < -0.4 is 5.32 Å². The molecule has 4 heterocycles. The van der Waals surface area contributed by atoms with Crippen LogP contribution in [-0.4, -0.2) is 50.4 Å². The van der Waals surface area contributed by atoms with Gasteiger partial charge in [0.2, 0.25) is 5.89 Å². The van der Waals surface area contributed by atoms with Crippen molar-refractivity contribution in [3.8, 4) is 11.5 Å². The van der Waals surface area contributed by atoms with E-state index in [0.29, 0.717) is 37.0 Å². The van der Waals surface area contributed by atoms with Crippen molar-refractivity contribution in [3.05, 3.63) is 53.7 Å².